The largest absolute Gasteiger partial charge is 0.345 e. The number of amides is 2. The van der Waals surface area contributed by atoms with Crippen molar-refractivity contribution in [1.82, 2.24) is 4.90 Å². The SMILES string of the molecule is CN(C)C(=O)c1ccc(NC(=O)CCN)cc1. The lowest BCUT2D eigenvalue weighted by atomic mass is 10.2. The van der Waals surface area contributed by atoms with Crippen LogP contribution in [-0.2, 0) is 4.79 Å². The average Bonchev–Trinajstić information content (AvgIpc) is 2.29. The van der Waals surface area contributed by atoms with Gasteiger partial charge in [-0.1, -0.05) is 0 Å². The summed E-state index contributed by atoms with van der Waals surface area (Å²) in [5.74, 6) is -0.191. The minimum atomic E-state index is -0.126. The fourth-order valence-corrected chi connectivity index (χ4v) is 1.31. The number of hydrogen-bond acceptors (Lipinski definition) is 3. The first-order valence-electron chi connectivity index (χ1n) is 5.36. The second-order valence-corrected chi connectivity index (χ2v) is 3.86. The molecule has 0 bridgehead atoms. The average molecular weight is 235 g/mol. The third-order valence-corrected chi connectivity index (χ3v) is 2.19. The predicted octanol–water partition coefficient (Wildman–Crippen LogP) is 0.676. The Morgan fingerprint density at radius 3 is 2.29 bits per heavy atom. The van der Waals surface area contributed by atoms with Crippen molar-refractivity contribution in [3.05, 3.63) is 29.8 Å². The molecule has 5 nitrogen and oxygen atoms in total. The summed E-state index contributed by atoms with van der Waals surface area (Å²) >= 11 is 0. The van der Waals surface area contributed by atoms with Gasteiger partial charge in [-0.15, -0.1) is 0 Å². The van der Waals surface area contributed by atoms with Gasteiger partial charge in [-0.2, -0.15) is 0 Å². The van der Waals surface area contributed by atoms with Crippen LogP contribution in [0.2, 0.25) is 0 Å². The molecular formula is C12H17N3O2. The number of anilines is 1. The van der Waals surface area contributed by atoms with Crippen LogP contribution in [0.25, 0.3) is 0 Å². The van der Waals surface area contributed by atoms with Crippen molar-refractivity contribution < 1.29 is 9.59 Å². The highest BCUT2D eigenvalue weighted by molar-refractivity contribution is 5.95. The van der Waals surface area contributed by atoms with Crippen LogP contribution in [0.4, 0.5) is 5.69 Å². The summed E-state index contributed by atoms with van der Waals surface area (Å²) in [6, 6.07) is 6.76. The molecule has 0 spiro atoms. The second-order valence-electron chi connectivity index (χ2n) is 3.86. The molecule has 3 N–H and O–H groups in total. The van der Waals surface area contributed by atoms with Crippen molar-refractivity contribution in [2.45, 2.75) is 6.42 Å². The van der Waals surface area contributed by atoms with Crippen molar-refractivity contribution in [2.75, 3.05) is 26.0 Å². The Labute approximate surface area is 101 Å². The zero-order chi connectivity index (χ0) is 12.8. The normalized spacial score (nSPS) is 9.82. The van der Waals surface area contributed by atoms with Crippen molar-refractivity contribution in [3.8, 4) is 0 Å². The van der Waals surface area contributed by atoms with Crippen LogP contribution in [0, 0.1) is 0 Å². The Kier molecular flexibility index (Phi) is 4.66. The molecule has 0 aromatic heterocycles. The van der Waals surface area contributed by atoms with E-state index in [0.29, 0.717) is 24.2 Å². The third-order valence-electron chi connectivity index (χ3n) is 2.19. The molecule has 1 aromatic carbocycles. The summed E-state index contributed by atoms with van der Waals surface area (Å²) in [5.41, 5.74) is 6.52. The van der Waals surface area contributed by atoms with Crippen molar-refractivity contribution >= 4 is 17.5 Å². The first kappa shape index (κ1) is 13.2. The molecule has 0 aliphatic heterocycles. The van der Waals surface area contributed by atoms with E-state index >= 15 is 0 Å². The molecule has 17 heavy (non-hydrogen) atoms. The van der Waals surface area contributed by atoms with Gasteiger partial charge in [0.25, 0.3) is 5.91 Å². The number of nitrogens with two attached hydrogens (primary N) is 1. The van der Waals surface area contributed by atoms with E-state index in [0.717, 1.165) is 0 Å². The van der Waals surface area contributed by atoms with E-state index in [9.17, 15) is 9.59 Å². The Morgan fingerprint density at radius 1 is 1.24 bits per heavy atom. The first-order valence-corrected chi connectivity index (χ1v) is 5.36. The molecular weight excluding hydrogens is 218 g/mol. The minimum absolute atomic E-state index is 0.0650. The Bertz CT molecular complexity index is 399. The molecule has 92 valence electrons. The van der Waals surface area contributed by atoms with E-state index in [4.69, 9.17) is 5.73 Å². The summed E-state index contributed by atoms with van der Waals surface area (Å²) < 4.78 is 0. The van der Waals surface area contributed by atoms with Gasteiger partial charge < -0.3 is 16.0 Å². The van der Waals surface area contributed by atoms with Crippen LogP contribution < -0.4 is 11.1 Å². The van der Waals surface area contributed by atoms with Gasteiger partial charge in [-0.05, 0) is 24.3 Å². The van der Waals surface area contributed by atoms with Gasteiger partial charge >= 0.3 is 0 Å². The number of rotatable bonds is 4. The molecule has 0 atom stereocenters. The molecule has 0 fully saturated rings. The molecule has 0 unspecified atom stereocenters. The highest BCUT2D eigenvalue weighted by Gasteiger charge is 2.07. The monoisotopic (exact) mass is 235 g/mol. The number of nitrogens with one attached hydrogen (secondary N) is 1. The van der Waals surface area contributed by atoms with E-state index in [1.807, 2.05) is 0 Å². The van der Waals surface area contributed by atoms with Crippen molar-refractivity contribution in [3.63, 3.8) is 0 Å². The molecule has 0 radical (unpaired) electrons. The van der Waals surface area contributed by atoms with Crippen molar-refractivity contribution in [1.29, 1.82) is 0 Å². The fourth-order valence-electron chi connectivity index (χ4n) is 1.31. The second kappa shape index (κ2) is 6.00. The summed E-state index contributed by atoms with van der Waals surface area (Å²) in [5, 5.41) is 2.69. The lowest BCUT2D eigenvalue weighted by Gasteiger charge is -2.10. The van der Waals surface area contributed by atoms with Gasteiger partial charge in [0.05, 0.1) is 0 Å². The Morgan fingerprint density at radius 2 is 1.82 bits per heavy atom. The maximum atomic E-state index is 11.6. The van der Waals surface area contributed by atoms with Gasteiger partial charge in [0.2, 0.25) is 5.91 Å². The molecule has 5 heteroatoms. The number of nitrogens with zero attached hydrogens (tertiary/aromatic N) is 1. The lowest BCUT2D eigenvalue weighted by molar-refractivity contribution is -0.116. The minimum Gasteiger partial charge on any atom is -0.345 e. The number of carbonyl (C=O) groups excluding carboxylic acids is 2. The molecule has 1 aromatic rings. The lowest BCUT2D eigenvalue weighted by Crippen LogP contribution is -2.21. The van der Waals surface area contributed by atoms with Crippen LogP contribution in [-0.4, -0.2) is 37.4 Å². The highest BCUT2D eigenvalue weighted by atomic mass is 16.2. The van der Waals surface area contributed by atoms with Gasteiger partial charge in [-0.3, -0.25) is 9.59 Å². The van der Waals surface area contributed by atoms with Crippen molar-refractivity contribution in [2.24, 2.45) is 5.73 Å². The van der Waals surface area contributed by atoms with E-state index in [2.05, 4.69) is 5.32 Å². The molecule has 0 aliphatic carbocycles. The maximum Gasteiger partial charge on any atom is 0.253 e. The summed E-state index contributed by atoms with van der Waals surface area (Å²) in [7, 11) is 3.39. The molecule has 0 aliphatic rings. The van der Waals surface area contributed by atoms with Crippen LogP contribution in [0.15, 0.2) is 24.3 Å². The van der Waals surface area contributed by atoms with Gasteiger partial charge in [-0.25, -0.2) is 0 Å². The Balaban J connectivity index is 2.68. The van der Waals surface area contributed by atoms with Gasteiger partial charge in [0, 0.05) is 38.3 Å². The van der Waals surface area contributed by atoms with Crippen LogP contribution >= 0.6 is 0 Å². The quantitative estimate of drug-likeness (QED) is 0.805. The standard InChI is InChI=1S/C12H17N3O2/c1-15(2)12(17)9-3-5-10(6-4-9)14-11(16)7-8-13/h3-6H,7-8,13H2,1-2H3,(H,14,16). The Hall–Kier alpha value is -1.88. The molecule has 0 saturated carbocycles. The summed E-state index contributed by atoms with van der Waals surface area (Å²) in [6.45, 7) is 0.322. The van der Waals surface area contributed by atoms with E-state index in [1.54, 1.807) is 38.4 Å². The summed E-state index contributed by atoms with van der Waals surface area (Å²) in [4.78, 5) is 24.4. The predicted molar refractivity (Wildman–Crippen MR) is 66.8 cm³/mol. The van der Waals surface area contributed by atoms with Gasteiger partial charge in [0.15, 0.2) is 0 Å². The highest BCUT2D eigenvalue weighted by Crippen LogP contribution is 2.10. The zero-order valence-electron chi connectivity index (χ0n) is 10.1. The van der Waals surface area contributed by atoms with Crippen LogP contribution in [0.3, 0.4) is 0 Å². The topological polar surface area (TPSA) is 75.4 Å². The molecule has 0 saturated heterocycles. The maximum absolute atomic E-state index is 11.6. The van der Waals surface area contributed by atoms with E-state index in [1.165, 1.54) is 4.90 Å². The number of carbonyl (C=O) groups is 2. The van der Waals surface area contributed by atoms with Crippen LogP contribution in [0.5, 0.6) is 0 Å². The third kappa shape index (κ3) is 3.88. The number of benzene rings is 1. The summed E-state index contributed by atoms with van der Waals surface area (Å²) in [6.07, 6.45) is 0.290. The first-order chi connectivity index (χ1) is 8.04. The van der Waals surface area contributed by atoms with Gasteiger partial charge in [0.1, 0.15) is 0 Å². The smallest absolute Gasteiger partial charge is 0.253 e. The molecule has 1 rings (SSSR count). The van der Waals surface area contributed by atoms with E-state index in [-0.39, 0.29) is 11.8 Å². The molecule has 2 amide bonds. The van der Waals surface area contributed by atoms with E-state index < -0.39 is 0 Å². The zero-order valence-corrected chi connectivity index (χ0v) is 10.1. The van der Waals surface area contributed by atoms with Crippen LogP contribution in [0.1, 0.15) is 16.8 Å². The number of hydrogen-bond donors (Lipinski definition) is 2. The molecule has 0 heterocycles. The fraction of sp³-hybridized carbons (Fsp3) is 0.333.